The van der Waals surface area contributed by atoms with Crippen molar-refractivity contribution in [3.8, 4) is 0 Å². The molecule has 1 fully saturated rings. The molecule has 1 aliphatic carbocycles. The van der Waals surface area contributed by atoms with Gasteiger partial charge in [0.05, 0.1) is 12.4 Å². The largest absolute Gasteiger partial charge is 0.348 e. The fraction of sp³-hybridized carbons (Fsp3) is 0.667. The summed E-state index contributed by atoms with van der Waals surface area (Å²) in [5.41, 5.74) is 7.55. The van der Waals surface area contributed by atoms with E-state index in [1.54, 1.807) is 12.5 Å². The monoisotopic (exact) mass is 289 g/mol. The molecule has 21 heavy (non-hydrogen) atoms. The lowest BCUT2D eigenvalue weighted by Crippen LogP contribution is -2.21. The Morgan fingerprint density at radius 1 is 1.43 bits per heavy atom. The highest BCUT2D eigenvalue weighted by molar-refractivity contribution is 5.04. The lowest BCUT2D eigenvalue weighted by Gasteiger charge is -2.32. The van der Waals surface area contributed by atoms with Crippen LogP contribution in [0.3, 0.4) is 0 Å². The molecule has 0 amide bonds. The molecule has 0 spiro atoms. The molecule has 2 heterocycles. The van der Waals surface area contributed by atoms with Gasteiger partial charge in [0, 0.05) is 24.2 Å². The van der Waals surface area contributed by atoms with E-state index in [4.69, 9.17) is 10.3 Å². The van der Waals surface area contributed by atoms with Crippen molar-refractivity contribution >= 4 is 0 Å². The Morgan fingerprint density at radius 3 is 2.86 bits per heavy atom. The van der Waals surface area contributed by atoms with Gasteiger partial charge in [-0.05, 0) is 31.1 Å². The van der Waals surface area contributed by atoms with E-state index < -0.39 is 0 Å². The number of aromatic nitrogens is 4. The molecule has 1 atom stereocenters. The van der Waals surface area contributed by atoms with Gasteiger partial charge in [0.25, 0.3) is 0 Å². The molecule has 6 heteroatoms. The first-order valence-corrected chi connectivity index (χ1v) is 7.60. The first kappa shape index (κ1) is 14.3. The number of hydrogen-bond donors (Lipinski definition) is 2. The summed E-state index contributed by atoms with van der Waals surface area (Å²) in [5.74, 6) is 1.75. The topological polar surface area (TPSA) is 93.6 Å². The second-order valence-electron chi connectivity index (χ2n) is 6.82. The third kappa shape index (κ3) is 3.32. The Bertz CT molecular complexity index is 565. The summed E-state index contributed by atoms with van der Waals surface area (Å²) in [6, 6.07) is -0.285. The van der Waals surface area contributed by atoms with Gasteiger partial charge in [-0.3, -0.25) is 0 Å². The van der Waals surface area contributed by atoms with Crippen LogP contribution in [0.5, 0.6) is 0 Å². The molecule has 1 aliphatic rings. The Kier molecular flexibility index (Phi) is 3.80. The van der Waals surface area contributed by atoms with Crippen LogP contribution >= 0.6 is 0 Å². The molecule has 0 bridgehead atoms. The Hall–Kier alpha value is -1.69. The number of nitrogens with two attached hydrogens (primary N) is 1. The highest BCUT2D eigenvalue weighted by Gasteiger charge is 2.30. The average molecular weight is 289 g/mol. The lowest BCUT2D eigenvalue weighted by atomic mass is 9.73. The van der Waals surface area contributed by atoms with Crippen LogP contribution in [0.4, 0.5) is 0 Å². The van der Waals surface area contributed by atoms with E-state index in [0.717, 1.165) is 24.4 Å². The van der Waals surface area contributed by atoms with Crippen LogP contribution in [0.1, 0.15) is 68.9 Å². The summed E-state index contributed by atoms with van der Waals surface area (Å²) < 4.78 is 5.36. The number of aromatic amines is 1. The molecule has 3 rings (SSSR count). The number of nitrogens with zero attached hydrogens (tertiary/aromatic N) is 3. The van der Waals surface area contributed by atoms with Crippen LogP contribution in [-0.2, 0) is 6.42 Å². The second-order valence-corrected chi connectivity index (χ2v) is 6.82. The Morgan fingerprint density at radius 2 is 2.19 bits per heavy atom. The van der Waals surface area contributed by atoms with Crippen LogP contribution in [-0.4, -0.2) is 20.1 Å². The van der Waals surface area contributed by atoms with Crippen LogP contribution in [0.25, 0.3) is 0 Å². The molecule has 0 unspecified atom stereocenters. The molecular formula is C15H23N5O. The standard InChI is InChI=1S/C15H23N5O/c1-15(2)5-3-10(4-6-15)13-19-14(21-20-13)12(16)7-11-8-17-9-18-11/h8-10,12H,3-7,16H2,1-2H3,(H,17,18)/t12-/m0/s1. The van der Waals surface area contributed by atoms with E-state index in [0.29, 0.717) is 23.6 Å². The second kappa shape index (κ2) is 5.60. The molecule has 0 aromatic carbocycles. The minimum absolute atomic E-state index is 0.285. The fourth-order valence-electron chi connectivity index (χ4n) is 2.94. The number of imidazole rings is 1. The van der Waals surface area contributed by atoms with Crippen molar-refractivity contribution in [3.05, 3.63) is 29.9 Å². The van der Waals surface area contributed by atoms with E-state index in [9.17, 15) is 0 Å². The highest BCUT2D eigenvalue weighted by Crippen LogP contribution is 2.41. The molecule has 0 saturated heterocycles. The van der Waals surface area contributed by atoms with Crippen molar-refractivity contribution in [2.75, 3.05) is 0 Å². The van der Waals surface area contributed by atoms with Gasteiger partial charge in [-0.1, -0.05) is 19.0 Å². The molecule has 3 N–H and O–H groups in total. The van der Waals surface area contributed by atoms with Crippen molar-refractivity contribution in [1.29, 1.82) is 0 Å². The molecule has 1 saturated carbocycles. The minimum atomic E-state index is -0.285. The van der Waals surface area contributed by atoms with Crippen molar-refractivity contribution in [2.24, 2.45) is 11.1 Å². The summed E-state index contributed by atoms with van der Waals surface area (Å²) >= 11 is 0. The maximum absolute atomic E-state index is 6.13. The van der Waals surface area contributed by atoms with E-state index in [1.807, 2.05) is 0 Å². The highest BCUT2D eigenvalue weighted by atomic mass is 16.5. The van der Waals surface area contributed by atoms with Gasteiger partial charge >= 0.3 is 0 Å². The van der Waals surface area contributed by atoms with E-state index in [1.165, 1.54) is 12.8 Å². The number of rotatable bonds is 4. The molecule has 2 aromatic heterocycles. The van der Waals surface area contributed by atoms with Gasteiger partial charge in [-0.25, -0.2) is 4.98 Å². The van der Waals surface area contributed by atoms with Gasteiger partial charge in [0.1, 0.15) is 0 Å². The zero-order valence-corrected chi connectivity index (χ0v) is 12.7. The van der Waals surface area contributed by atoms with Crippen molar-refractivity contribution in [1.82, 2.24) is 20.1 Å². The van der Waals surface area contributed by atoms with Gasteiger partial charge in [0.15, 0.2) is 5.82 Å². The van der Waals surface area contributed by atoms with Crippen molar-refractivity contribution in [2.45, 2.75) is 57.9 Å². The molecule has 0 radical (unpaired) electrons. The lowest BCUT2D eigenvalue weighted by molar-refractivity contribution is 0.218. The SMILES string of the molecule is CC1(C)CCC(c2noc([C@@H](N)Cc3cnc[nH]3)n2)CC1. The molecule has 114 valence electrons. The zero-order valence-electron chi connectivity index (χ0n) is 12.7. The predicted octanol–water partition coefficient (Wildman–Crippen LogP) is 2.72. The first-order chi connectivity index (χ1) is 10.0. The summed E-state index contributed by atoms with van der Waals surface area (Å²) in [4.78, 5) is 11.5. The Labute approximate surface area is 124 Å². The predicted molar refractivity (Wildman–Crippen MR) is 78.5 cm³/mol. The van der Waals surface area contributed by atoms with Crippen LogP contribution in [0.2, 0.25) is 0 Å². The zero-order chi connectivity index (χ0) is 14.9. The van der Waals surface area contributed by atoms with Gasteiger partial charge < -0.3 is 15.2 Å². The van der Waals surface area contributed by atoms with Crippen LogP contribution in [0.15, 0.2) is 17.0 Å². The van der Waals surface area contributed by atoms with E-state index in [2.05, 4.69) is 34.0 Å². The summed E-state index contributed by atoms with van der Waals surface area (Å²) in [5, 5.41) is 4.15. The van der Waals surface area contributed by atoms with Crippen molar-refractivity contribution in [3.63, 3.8) is 0 Å². The fourth-order valence-corrected chi connectivity index (χ4v) is 2.94. The number of H-pyrrole nitrogens is 1. The smallest absolute Gasteiger partial charge is 0.243 e. The summed E-state index contributed by atoms with van der Waals surface area (Å²) in [7, 11) is 0. The first-order valence-electron chi connectivity index (χ1n) is 7.60. The quantitative estimate of drug-likeness (QED) is 0.902. The van der Waals surface area contributed by atoms with Gasteiger partial charge in [-0.2, -0.15) is 4.98 Å². The van der Waals surface area contributed by atoms with E-state index >= 15 is 0 Å². The minimum Gasteiger partial charge on any atom is -0.348 e. The summed E-state index contributed by atoms with van der Waals surface area (Å²) in [6.07, 6.45) is 8.71. The third-order valence-corrected chi connectivity index (χ3v) is 4.47. The summed E-state index contributed by atoms with van der Waals surface area (Å²) in [6.45, 7) is 4.65. The van der Waals surface area contributed by atoms with Crippen LogP contribution in [0, 0.1) is 5.41 Å². The molecular weight excluding hydrogens is 266 g/mol. The molecule has 2 aromatic rings. The molecule has 0 aliphatic heterocycles. The Balaban J connectivity index is 1.63. The molecule has 6 nitrogen and oxygen atoms in total. The number of nitrogens with one attached hydrogen (secondary N) is 1. The normalized spacial score (nSPS) is 20.5. The maximum Gasteiger partial charge on any atom is 0.243 e. The number of hydrogen-bond acceptors (Lipinski definition) is 5. The van der Waals surface area contributed by atoms with Crippen LogP contribution < -0.4 is 5.73 Å². The van der Waals surface area contributed by atoms with Gasteiger partial charge in [-0.15, -0.1) is 0 Å². The van der Waals surface area contributed by atoms with Crippen molar-refractivity contribution < 1.29 is 4.52 Å². The average Bonchev–Trinajstić information content (AvgIpc) is 3.09. The van der Waals surface area contributed by atoms with Gasteiger partial charge in [0.2, 0.25) is 5.89 Å². The maximum atomic E-state index is 6.13. The third-order valence-electron chi connectivity index (χ3n) is 4.47. The van der Waals surface area contributed by atoms with E-state index in [-0.39, 0.29) is 6.04 Å².